The van der Waals surface area contributed by atoms with Gasteiger partial charge in [0.15, 0.2) is 0 Å². The summed E-state index contributed by atoms with van der Waals surface area (Å²) in [4.78, 5) is 23.2. The van der Waals surface area contributed by atoms with Gasteiger partial charge in [0.1, 0.15) is 5.82 Å². The van der Waals surface area contributed by atoms with Gasteiger partial charge in [-0.05, 0) is 48.9 Å². The van der Waals surface area contributed by atoms with Gasteiger partial charge < -0.3 is 10.6 Å². The molecule has 0 bridgehead atoms. The van der Waals surface area contributed by atoms with Crippen molar-refractivity contribution in [1.29, 1.82) is 0 Å². The van der Waals surface area contributed by atoms with Crippen LogP contribution in [0.2, 0.25) is 5.02 Å². The van der Waals surface area contributed by atoms with Gasteiger partial charge in [0, 0.05) is 32.6 Å². The van der Waals surface area contributed by atoms with Crippen LogP contribution in [-0.2, 0) is 19.6 Å². The predicted molar refractivity (Wildman–Crippen MR) is 110 cm³/mol. The van der Waals surface area contributed by atoms with Crippen LogP contribution in [0.5, 0.6) is 0 Å². The zero-order chi connectivity index (χ0) is 21.6. The minimum atomic E-state index is -3.75. The second-order valence-corrected chi connectivity index (χ2v) is 8.76. The molecule has 0 aromatic heterocycles. The fraction of sp³-hybridized carbons (Fsp3) is 0.263. The van der Waals surface area contributed by atoms with Crippen molar-refractivity contribution < 1.29 is 22.4 Å². The molecule has 0 aliphatic carbocycles. The van der Waals surface area contributed by atoms with E-state index >= 15 is 0 Å². The summed E-state index contributed by atoms with van der Waals surface area (Å²) < 4.78 is 38.9. The van der Waals surface area contributed by atoms with E-state index in [1.165, 1.54) is 32.2 Å². The normalized spacial score (nSPS) is 11.3. The van der Waals surface area contributed by atoms with E-state index in [0.717, 1.165) is 16.4 Å². The van der Waals surface area contributed by atoms with E-state index in [4.69, 9.17) is 11.6 Å². The third-order valence-corrected chi connectivity index (χ3v) is 6.15. The highest BCUT2D eigenvalue weighted by molar-refractivity contribution is 7.89. The van der Waals surface area contributed by atoms with Crippen LogP contribution in [0.15, 0.2) is 47.4 Å². The van der Waals surface area contributed by atoms with Crippen LogP contribution in [0.1, 0.15) is 19.8 Å². The molecule has 2 aromatic carbocycles. The molecule has 2 N–H and O–H groups in total. The summed E-state index contributed by atoms with van der Waals surface area (Å²) in [5.41, 5.74) is 0.895. The Hall–Kier alpha value is -2.49. The van der Waals surface area contributed by atoms with E-state index in [9.17, 15) is 22.4 Å². The number of benzene rings is 2. The molecule has 0 spiro atoms. The fourth-order valence-corrected chi connectivity index (χ4v) is 3.91. The molecule has 10 heteroatoms. The first-order chi connectivity index (χ1) is 13.6. The summed E-state index contributed by atoms with van der Waals surface area (Å²) in [5.74, 6) is -1.09. The Morgan fingerprint density at radius 2 is 1.76 bits per heavy atom. The van der Waals surface area contributed by atoms with Gasteiger partial charge in [-0.15, -0.1) is 0 Å². The third kappa shape index (κ3) is 6.52. The summed E-state index contributed by atoms with van der Waals surface area (Å²) in [7, 11) is -2.35. The molecule has 0 radical (unpaired) electrons. The van der Waals surface area contributed by atoms with Crippen LogP contribution in [0.4, 0.5) is 15.8 Å². The maximum atomic E-state index is 13.0. The second kappa shape index (κ2) is 9.82. The molecule has 2 aromatic rings. The summed E-state index contributed by atoms with van der Waals surface area (Å²) >= 11 is 6.06. The van der Waals surface area contributed by atoms with E-state index in [1.54, 1.807) is 12.1 Å². The van der Waals surface area contributed by atoms with Crippen LogP contribution in [0.3, 0.4) is 0 Å². The van der Waals surface area contributed by atoms with Crippen molar-refractivity contribution in [3.63, 3.8) is 0 Å². The molecule has 0 fully saturated rings. The molecule has 0 saturated heterocycles. The monoisotopic (exact) mass is 441 g/mol. The summed E-state index contributed by atoms with van der Waals surface area (Å²) in [5, 5.41) is 5.51. The Balaban J connectivity index is 1.87. The predicted octanol–water partition coefficient (Wildman–Crippen LogP) is 3.48. The highest BCUT2D eigenvalue weighted by Gasteiger charge is 2.20. The minimum Gasteiger partial charge on any atom is -0.326 e. The molecule has 2 amide bonds. The number of rotatable bonds is 8. The minimum absolute atomic E-state index is 0.0141. The highest BCUT2D eigenvalue weighted by Crippen LogP contribution is 2.25. The van der Waals surface area contributed by atoms with Crippen molar-refractivity contribution in [2.45, 2.75) is 24.7 Å². The maximum absolute atomic E-state index is 13.0. The molecule has 2 rings (SSSR count). The molecule has 0 aliphatic rings. The molecule has 0 heterocycles. The van der Waals surface area contributed by atoms with Crippen LogP contribution in [0.25, 0.3) is 0 Å². The second-order valence-electron chi connectivity index (χ2n) is 6.31. The van der Waals surface area contributed by atoms with Crippen LogP contribution in [-0.4, -0.2) is 38.1 Å². The van der Waals surface area contributed by atoms with Crippen LogP contribution < -0.4 is 10.6 Å². The number of sulfonamides is 1. The first-order valence-corrected chi connectivity index (χ1v) is 10.5. The van der Waals surface area contributed by atoms with Crippen molar-refractivity contribution in [2.75, 3.05) is 24.2 Å². The molecule has 0 aliphatic heterocycles. The Labute approximate surface area is 173 Å². The van der Waals surface area contributed by atoms with Gasteiger partial charge in [0.25, 0.3) is 0 Å². The molecular weight excluding hydrogens is 421 g/mol. The lowest BCUT2D eigenvalue weighted by molar-refractivity contribution is -0.116. The topological polar surface area (TPSA) is 95.6 Å². The molecule has 0 unspecified atom stereocenters. The summed E-state index contributed by atoms with van der Waals surface area (Å²) in [6.45, 7) is 1.48. The van der Waals surface area contributed by atoms with Crippen LogP contribution in [0, 0.1) is 5.82 Å². The third-order valence-electron chi connectivity index (χ3n) is 3.96. The molecule has 29 heavy (non-hydrogen) atoms. The van der Waals surface area contributed by atoms with Gasteiger partial charge in [-0.25, -0.2) is 17.1 Å². The summed E-state index contributed by atoms with van der Waals surface area (Å²) in [6.07, 6.45) is 0.384. The Kier molecular flexibility index (Phi) is 7.72. The Morgan fingerprint density at radius 1 is 1.10 bits per heavy atom. The number of anilines is 2. The number of hydrogen-bond acceptors (Lipinski definition) is 4. The van der Waals surface area contributed by atoms with Crippen molar-refractivity contribution in [1.82, 2.24) is 4.31 Å². The maximum Gasteiger partial charge on any atom is 0.242 e. The van der Waals surface area contributed by atoms with E-state index in [1.807, 2.05) is 0 Å². The van der Waals surface area contributed by atoms with Gasteiger partial charge >= 0.3 is 0 Å². The standard InChI is InChI=1S/C19H21ClFN3O4S/c1-13(25)22-18-10-7-15(12-17(18)20)23-19(26)4-3-11-24(2)29(27,28)16-8-5-14(21)6-9-16/h5-10,12H,3-4,11H2,1-2H3,(H,22,25)(H,23,26). The smallest absolute Gasteiger partial charge is 0.242 e. The van der Waals surface area contributed by atoms with E-state index in [-0.39, 0.29) is 34.7 Å². The van der Waals surface area contributed by atoms with Gasteiger partial charge in [0.05, 0.1) is 15.6 Å². The molecule has 0 atom stereocenters. The van der Waals surface area contributed by atoms with Crippen molar-refractivity contribution in [3.05, 3.63) is 53.3 Å². The fourth-order valence-electron chi connectivity index (χ4n) is 2.48. The van der Waals surface area contributed by atoms with E-state index in [0.29, 0.717) is 17.8 Å². The van der Waals surface area contributed by atoms with Crippen molar-refractivity contribution in [2.24, 2.45) is 0 Å². The average Bonchev–Trinajstić information content (AvgIpc) is 2.64. The molecule has 7 nitrogen and oxygen atoms in total. The van der Waals surface area contributed by atoms with E-state index in [2.05, 4.69) is 10.6 Å². The number of carbonyl (C=O) groups excluding carboxylic acids is 2. The lowest BCUT2D eigenvalue weighted by Crippen LogP contribution is -2.28. The first-order valence-electron chi connectivity index (χ1n) is 8.68. The molecular formula is C19H21ClFN3O4S. The van der Waals surface area contributed by atoms with Gasteiger partial charge in [-0.2, -0.15) is 0 Å². The number of halogens is 2. The number of amides is 2. The van der Waals surface area contributed by atoms with E-state index < -0.39 is 15.8 Å². The highest BCUT2D eigenvalue weighted by atomic mass is 35.5. The number of hydrogen-bond donors (Lipinski definition) is 2. The zero-order valence-corrected chi connectivity index (χ0v) is 17.5. The zero-order valence-electron chi connectivity index (χ0n) is 15.9. The first kappa shape index (κ1) is 22.8. The SMILES string of the molecule is CC(=O)Nc1ccc(NC(=O)CCCN(C)S(=O)(=O)c2ccc(F)cc2)cc1Cl. The van der Waals surface area contributed by atoms with Gasteiger partial charge in [-0.3, -0.25) is 9.59 Å². The van der Waals surface area contributed by atoms with Crippen LogP contribution >= 0.6 is 11.6 Å². The average molecular weight is 442 g/mol. The van der Waals surface area contributed by atoms with Crippen molar-refractivity contribution in [3.8, 4) is 0 Å². The van der Waals surface area contributed by atoms with Gasteiger partial charge in [-0.1, -0.05) is 11.6 Å². The number of nitrogens with one attached hydrogen (secondary N) is 2. The Bertz CT molecular complexity index is 997. The number of nitrogens with zero attached hydrogens (tertiary/aromatic N) is 1. The Morgan fingerprint density at radius 3 is 2.34 bits per heavy atom. The molecule has 0 saturated carbocycles. The quantitative estimate of drug-likeness (QED) is 0.655. The summed E-state index contributed by atoms with van der Waals surface area (Å²) in [6, 6.07) is 9.23. The lowest BCUT2D eigenvalue weighted by atomic mass is 10.2. The van der Waals surface area contributed by atoms with Crippen molar-refractivity contribution >= 4 is 44.8 Å². The number of carbonyl (C=O) groups is 2. The largest absolute Gasteiger partial charge is 0.326 e. The van der Waals surface area contributed by atoms with Gasteiger partial charge in [0.2, 0.25) is 21.8 Å². The lowest BCUT2D eigenvalue weighted by Gasteiger charge is -2.17. The molecule has 156 valence electrons.